The summed E-state index contributed by atoms with van der Waals surface area (Å²) in [5, 5.41) is 5.68. The highest BCUT2D eigenvalue weighted by Crippen LogP contribution is 2.13. The Labute approximate surface area is 170 Å². The second-order valence-corrected chi connectivity index (χ2v) is 6.95. The number of carbonyl (C=O) groups is 4. The number of esters is 1. The number of amides is 3. The van der Waals surface area contributed by atoms with E-state index < -0.39 is 12.0 Å². The number of hydrogen-bond acceptors (Lipinski definition) is 6. The van der Waals surface area contributed by atoms with Gasteiger partial charge in [-0.25, -0.2) is 0 Å². The summed E-state index contributed by atoms with van der Waals surface area (Å²) in [5.41, 5.74) is 1.22. The maximum atomic E-state index is 12.7. The Bertz CT molecular complexity index is 748. The van der Waals surface area contributed by atoms with Crippen LogP contribution < -0.4 is 10.6 Å². The molecule has 0 aliphatic carbocycles. The monoisotopic (exact) mass is 404 g/mol. The summed E-state index contributed by atoms with van der Waals surface area (Å²) < 4.78 is 5.04. The summed E-state index contributed by atoms with van der Waals surface area (Å²) in [6.45, 7) is 2.80. The van der Waals surface area contributed by atoms with Crippen molar-refractivity contribution in [3.8, 4) is 0 Å². The molecule has 2 rings (SSSR count). The van der Waals surface area contributed by atoms with Crippen LogP contribution in [0.1, 0.15) is 30.1 Å². The molecule has 0 radical (unpaired) electrons. The lowest BCUT2D eigenvalue weighted by Crippen LogP contribution is -2.58. The van der Waals surface area contributed by atoms with Gasteiger partial charge in [-0.3, -0.25) is 19.2 Å². The van der Waals surface area contributed by atoms with Crippen molar-refractivity contribution in [3.63, 3.8) is 0 Å². The van der Waals surface area contributed by atoms with Crippen LogP contribution in [0.2, 0.25) is 0 Å². The van der Waals surface area contributed by atoms with E-state index in [1.165, 1.54) is 9.80 Å². The fourth-order valence-corrected chi connectivity index (χ4v) is 2.92. The smallest absolute Gasteiger partial charge is 0.308 e. The second kappa shape index (κ2) is 10.4. The Kier molecular flexibility index (Phi) is 7.99. The maximum absolute atomic E-state index is 12.7. The normalized spacial score (nSPS) is 16.0. The summed E-state index contributed by atoms with van der Waals surface area (Å²) in [5.74, 6) is -1.25. The van der Waals surface area contributed by atoms with Crippen LogP contribution in [-0.4, -0.2) is 79.9 Å². The first-order chi connectivity index (χ1) is 13.8. The zero-order valence-corrected chi connectivity index (χ0v) is 17.1. The van der Waals surface area contributed by atoms with Crippen molar-refractivity contribution in [3.05, 3.63) is 29.8 Å². The Hall–Kier alpha value is -3.10. The largest absolute Gasteiger partial charge is 0.466 e. The van der Waals surface area contributed by atoms with Crippen LogP contribution in [0.3, 0.4) is 0 Å². The van der Waals surface area contributed by atoms with E-state index >= 15 is 0 Å². The fraction of sp³-hybridized carbons (Fsp3) is 0.500. The predicted octanol–water partition coefficient (Wildman–Crippen LogP) is 0.471. The third-order valence-electron chi connectivity index (χ3n) is 4.46. The molecule has 1 atom stereocenters. The van der Waals surface area contributed by atoms with E-state index in [0.717, 1.165) is 0 Å². The van der Waals surface area contributed by atoms with Crippen LogP contribution in [0.5, 0.6) is 0 Å². The van der Waals surface area contributed by atoms with Gasteiger partial charge in [-0.15, -0.1) is 0 Å². The molecule has 0 aromatic heterocycles. The third kappa shape index (κ3) is 6.20. The molecule has 0 spiro atoms. The lowest BCUT2D eigenvalue weighted by atomic mass is 10.1. The number of benzene rings is 1. The van der Waals surface area contributed by atoms with Crippen LogP contribution in [-0.2, 0) is 19.1 Å². The molecule has 9 nitrogen and oxygen atoms in total. The van der Waals surface area contributed by atoms with Gasteiger partial charge in [-0.1, -0.05) is 6.92 Å². The number of piperazine rings is 1. The van der Waals surface area contributed by atoms with Crippen molar-refractivity contribution in [2.24, 2.45) is 0 Å². The Morgan fingerprint density at radius 1 is 1.24 bits per heavy atom. The molecule has 1 heterocycles. The van der Waals surface area contributed by atoms with Gasteiger partial charge >= 0.3 is 5.97 Å². The minimum Gasteiger partial charge on any atom is -0.466 e. The summed E-state index contributed by atoms with van der Waals surface area (Å²) in [4.78, 5) is 51.6. The van der Waals surface area contributed by atoms with Gasteiger partial charge in [0.1, 0.15) is 6.04 Å². The molecule has 1 fully saturated rings. The molecule has 0 saturated carbocycles. The number of nitrogens with one attached hydrogen (secondary N) is 2. The first-order valence-electron chi connectivity index (χ1n) is 9.61. The minimum atomic E-state index is -0.873. The first-order valence-corrected chi connectivity index (χ1v) is 9.61. The van der Waals surface area contributed by atoms with E-state index in [1.54, 1.807) is 38.4 Å². The molecule has 158 valence electrons. The molecular weight excluding hydrogens is 376 g/mol. The van der Waals surface area contributed by atoms with E-state index in [-0.39, 0.29) is 37.3 Å². The van der Waals surface area contributed by atoms with Crippen molar-refractivity contribution in [2.75, 3.05) is 45.7 Å². The molecular formula is C20H28N4O5. The molecule has 1 aromatic carbocycles. The molecule has 1 unspecified atom stereocenters. The number of rotatable bonds is 8. The van der Waals surface area contributed by atoms with E-state index in [2.05, 4.69) is 10.6 Å². The van der Waals surface area contributed by atoms with Crippen LogP contribution >= 0.6 is 0 Å². The first kappa shape index (κ1) is 22.2. The standard InChI is InChI=1S/C20H28N4O5/c1-4-11-29-18(26)12-16-19(27)21-9-10-24(16)17(25)13-22-15-7-5-14(6-8-15)20(28)23(2)3/h5-8,16,22H,4,9-13H2,1-3H3,(H,21,27). The van der Waals surface area contributed by atoms with Crippen molar-refractivity contribution in [1.29, 1.82) is 0 Å². The Balaban J connectivity index is 1.95. The summed E-state index contributed by atoms with van der Waals surface area (Å²) >= 11 is 0. The number of nitrogens with zero attached hydrogens (tertiary/aromatic N) is 2. The predicted molar refractivity (Wildman–Crippen MR) is 107 cm³/mol. The van der Waals surface area contributed by atoms with Gasteiger partial charge in [0.25, 0.3) is 5.91 Å². The molecule has 1 aliphatic rings. The lowest BCUT2D eigenvalue weighted by molar-refractivity contribution is -0.151. The lowest BCUT2D eigenvalue weighted by Gasteiger charge is -2.34. The number of anilines is 1. The number of hydrogen-bond donors (Lipinski definition) is 2. The van der Waals surface area contributed by atoms with E-state index in [0.29, 0.717) is 30.8 Å². The summed E-state index contributed by atoms with van der Waals surface area (Å²) in [6.07, 6.45) is 0.521. The maximum Gasteiger partial charge on any atom is 0.308 e. The van der Waals surface area contributed by atoms with Crippen LogP contribution in [0.15, 0.2) is 24.3 Å². The van der Waals surface area contributed by atoms with Crippen LogP contribution in [0.4, 0.5) is 5.69 Å². The van der Waals surface area contributed by atoms with Gasteiger partial charge in [0.2, 0.25) is 11.8 Å². The number of carbonyl (C=O) groups excluding carboxylic acids is 4. The van der Waals surface area contributed by atoms with E-state index in [1.807, 2.05) is 6.92 Å². The van der Waals surface area contributed by atoms with Gasteiger partial charge in [-0.2, -0.15) is 0 Å². The highest BCUT2D eigenvalue weighted by atomic mass is 16.5. The molecule has 2 N–H and O–H groups in total. The average molecular weight is 404 g/mol. The highest BCUT2D eigenvalue weighted by molar-refractivity contribution is 5.94. The van der Waals surface area contributed by atoms with Crippen molar-refractivity contribution >= 4 is 29.4 Å². The van der Waals surface area contributed by atoms with Gasteiger partial charge in [0.05, 0.1) is 19.6 Å². The zero-order chi connectivity index (χ0) is 21.4. The molecule has 1 aromatic rings. The minimum absolute atomic E-state index is 0.0330. The molecule has 3 amide bonds. The summed E-state index contributed by atoms with van der Waals surface area (Å²) in [7, 11) is 3.35. The quantitative estimate of drug-likeness (QED) is 0.610. The van der Waals surface area contributed by atoms with Crippen molar-refractivity contribution in [1.82, 2.24) is 15.1 Å². The SMILES string of the molecule is CCCOC(=O)CC1C(=O)NCCN1C(=O)CNc1ccc(C(=O)N(C)C)cc1. The van der Waals surface area contributed by atoms with Gasteiger partial charge in [0.15, 0.2) is 0 Å². The van der Waals surface area contributed by atoms with E-state index in [4.69, 9.17) is 4.74 Å². The van der Waals surface area contributed by atoms with Gasteiger partial charge < -0.3 is 25.2 Å². The van der Waals surface area contributed by atoms with Crippen molar-refractivity contribution in [2.45, 2.75) is 25.8 Å². The molecule has 0 bridgehead atoms. The molecule has 1 aliphatic heterocycles. The van der Waals surface area contributed by atoms with Crippen LogP contribution in [0, 0.1) is 0 Å². The summed E-state index contributed by atoms with van der Waals surface area (Å²) in [6, 6.07) is 5.91. The van der Waals surface area contributed by atoms with Gasteiger partial charge in [-0.05, 0) is 30.7 Å². The van der Waals surface area contributed by atoms with Crippen molar-refractivity contribution < 1.29 is 23.9 Å². The highest BCUT2D eigenvalue weighted by Gasteiger charge is 2.34. The molecule has 29 heavy (non-hydrogen) atoms. The van der Waals surface area contributed by atoms with Gasteiger partial charge in [0, 0.05) is 38.4 Å². The molecule has 9 heteroatoms. The topological polar surface area (TPSA) is 108 Å². The second-order valence-electron chi connectivity index (χ2n) is 6.95. The fourth-order valence-electron chi connectivity index (χ4n) is 2.92. The Morgan fingerprint density at radius 2 is 1.93 bits per heavy atom. The average Bonchev–Trinajstić information content (AvgIpc) is 2.71. The number of ether oxygens (including phenoxy) is 1. The third-order valence-corrected chi connectivity index (χ3v) is 4.46. The Morgan fingerprint density at radius 3 is 2.55 bits per heavy atom. The van der Waals surface area contributed by atoms with Crippen LogP contribution in [0.25, 0.3) is 0 Å². The molecule has 1 saturated heterocycles. The van der Waals surface area contributed by atoms with E-state index in [9.17, 15) is 19.2 Å². The zero-order valence-electron chi connectivity index (χ0n) is 17.1.